The Morgan fingerprint density at radius 3 is 2.96 bits per heavy atom. The molecular weight excluding hydrogens is 320 g/mol. The van der Waals surface area contributed by atoms with E-state index in [1.807, 2.05) is 30.3 Å². The molecule has 2 N–H and O–H groups in total. The highest BCUT2D eigenvalue weighted by atomic mass is 16.5. The van der Waals surface area contributed by atoms with Gasteiger partial charge in [0.15, 0.2) is 0 Å². The lowest BCUT2D eigenvalue weighted by Crippen LogP contribution is -2.41. The molecule has 0 spiro atoms. The van der Waals surface area contributed by atoms with Crippen LogP contribution in [0.1, 0.15) is 5.56 Å². The Hall–Kier alpha value is -2.56. The van der Waals surface area contributed by atoms with Crippen LogP contribution in [0.5, 0.6) is 5.75 Å². The summed E-state index contributed by atoms with van der Waals surface area (Å²) < 4.78 is 10.4. The van der Waals surface area contributed by atoms with Crippen LogP contribution in [0, 0.1) is 11.3 Å². The minimum absolute atomic E-state index is 0.0601. The Morgan fingerprint density at radius 2 is 2.24 bits per heavy atom. The molecule has 0 aliphatic carbocycles. The van der Waals surface area contributed by atoms with Crippen molar-refractivity contribution in [1.29, 1.82) is 5.26 Å². The second kappa shape index (κ2) is 10.3. The summed E-state index contributed by atoms with van der Waals surface area (Å²) in [6.45, 7) is 4.97. The normalized spacial score (nSPS) is 15.3. The fraction of sp³-hybridized carbons (Fsp3) is 0.444. The second-order valence-electron chi connectivity index (χ2n) is 5.61. The zero-order valence-corrected chi connectivity index (χ0v) is 14.5. The molecular formula is C18H24N4O3. The van der Waals surface area contributed by atoms with Gasteiger partial charge in [-0.15, -0.1) is 0 Å². The van der Waals surface area contributed by atoms with Gasteiger partial charge in [0.05, 0.1) is 20.3 Å². The van der Waals surface area contributed by atoms with E-state index in [0.29, 0.717) is 13.1 Å². The average Bonchev–Trinajstić information content (AvgIpc) is 2.66. The van der Waals surface area contributed by atoms with Gasteiger partial charge in [-0.05, 0) is 17.7 Å². The van der Waals surface area contributed by atoms with Gasteiger partial charge in [-0.1, -0.05) is 12.1 Å². The van der Waals surface area contributed by atoms with Crippen LogP contribution in [-0.2, 0) is 16.1 Å². The molecule has 0 atom stereocenters. The Labute approximate surface area is 148 Å². The first kappa shape index (κ1) is 18.8. The van der Waals surface area contributed by atoms with Gasteiger partial charge in [0.1, 0.15) is 17.4 Å². The molecule has 0 radical (unpaired) electrons. The highest BCUT2D eigenvalue weighted by molar-refractivity contribution is 5.97. The number of nitrogens with zero attached hydrogens (tertiary/aromatic N) is 2. The number of carbonyl (C=O) groups excluding carboxylic acids is 1. The number of morpholine rings is 1. The number of methoxy groups -OCH3 is 1. The van der Waals surface area contributed by atoms with Crippen molar-refractivity contribution in [3.63, 3.8) is 0 Å². The summed E-state index contributed by atoms with van der Waals surface area (Å²) in [7, 11) is 1.61. The lowest BCUT2D eigenvalue weighted by Gasteiger charge is -2.26. The van der Waals surface area contributed by atoms with E-state index in [0.717, 1.165) is 44.2 Å². The zero-order chi connectivity index (χ0) is 17.9. The third kappa shape index (κ3) is 6.45. The van der Waals surface area contributed by atoms with Crippen LogP contribution in [0.4, 0.5) is 0 Å². The van der Waals surface area contributed by atoms with Gasteiger partial charge in [-0.25, -0.2) is 0 Å². The van der Waals surface area contributed by atoms with E-state index in [9.17, 15) is 4.79 Å². The number of nitrogens with one attached hydrogen (secondary N) is 2. The molecule has 0 unspecified atom stereocenters. The molecule has 1 saturated heterocycles. The molecule has 1 amide bonds. The number of rotatable bonds is 8. The van der Waals surface area contributed by atoms with Crippen molar-refractivity contribution in [2.75, 3.05) is 46.5 Å². The van der Waals surface area contributed by atoms with Crippen molar-refractivity contribution >= 4 is 5.91 Å². The van der Waals surface area contributed by atoms with Crippen LogP contribution in [0.25, 0.3) is 0 Å². The third-order valence-corrected chi connectivity index (χ3v) is 3.87. The maximum atomic E-state index is 12.1. The van der Waals surface area contributed by atoms with E-state index < -0.39 is 0 Å². The molecule has 1 fully saturated rings. The van der Waals surface area contributed by atoms with E-state index in [4.69, 9.17) is 14.7 Å². The van der Waals surface area contributed by atoms with E-state index in [1.165, 1.54) is 6.20 Å². The standard InChI is InChI=1S/C18H24N4O3/c1-24-17-4-2-3-15(11-17)13-20-14-16(12-19)18(23)21-5-6-22-7-9-25-10-8-22/h2-4,11,14,20H,5-10,13H2,1H3,(H,21,23)/b16-14-. The fourth-order valence-electron chi connectivity index (χ4n) is 2.45. The SMILES string of the molecule is COc1cccc(CN/C=C(/C#N)C(=O)NCCN2CCOCC2)c1. The molecule has 0 aromatic heterocycles. The molecule has 25 heavy (non-hydrogen) atoms. The van der Waals surface area contributed by atoms with Crippen molar-refractivity contribution in [2.24, 2.45) is 0 Å². The van der Waals surface area contributed by atoms with Gasteiger partial charge < -0.3 is 20.1 Å². The van der Waals surface area contributed by atoms with Crippen LogP contribution < -0.4 is 15.4 Å². The number of ether oxygens (including phenoxy) is 2. The van der Waals surface area contributed by atoms with Crippen molar-refractivity contribution < 1.29 is 14.3 Å². The molecule has 1 aromatic carbocycles. The van der Waals surface area contributed by atoms with Gasteiger partial charge >= 0.3 is 0 Å². The fourth-order valence-corrected chi connectivity index (χ4v) is 2.45. The number of benzene rings is 1. The first-order valence-corrected chi connectivity index (χ1v) is 8.28. The summed E-state index contributed by atoms with van der Waals surface area (Å²) in [5, 5.41) is 14.9. The summed E-state index contributed by atoms with van der Waals surface area (Å²) in [6, 6.07) is 9.52. The molecule has 1 aliphatic heterocycles. The predicted molar refractivity (Wildman–Crippen MR) is 93.8 cm³/mol. The minimum Gasteiger partial charge on any atom is -0.497 e. The largest absolute Gasteiger partial charge is 0.497 e. The van der Waals surface area contributed by atoms with Gasteiger partial charge in [0.2, 0.25) is 0 Å². The highest BCUT2D eigenvalue weighted by Crippen LogP contribution is 2.12. The minimum atomic E-state index is -0.367. The van der Waals surface area contributed by atoms with Gasteiger partial charge in [0.25, 0.3) is 5.91 Å². The van der Waals surface area contributed by atoms with Crippen molar-refractivity contribution in [3.8, 4) is 11.8 Å². The lowest BCUT2D eigenvalue weighted by atomic mass is 10.2. The second-order valence-corrected chi connectivity index (χ2v) is 5.61. The summed E-state index contributed by atoms with van der Waals surface area (Å²) in [5.74, 6) is 0.401. The summed E-state index contributed by atoms with van der Waals surface area (Å²) in [4.78, 5) is 14.3. The Balaban J connectivity index is 1.76. The number of hydrogen-bond donors (Lipinski definition) is 2. The molecule has 1 aromatic rings. The van der Waals surface area contributed by atoms with Crippen molar-refractivity contribution in [2.45, 2.75) is 6.54 Å². The van der Waals surface area contributed by atoms with Crippen LogP contribution in [-0.4, -0.2) is 57.3 Å². The van der Waals surface area contributed by atoms with Crippen LogP contribution in [0.3, 0.4) is 0 Å². The smallest absolute Gasteiger partial charge is 0.263 e. The topological polar surface area (TPSA) is 86.6 Å². The lowest BCUT2D eigenvalue weighted by molar-refractivity contribution is -0.117. The van der Waals surface area contributed by atoms with Crippen LogP contribution in [0.2, 0.25) is 0 Å². The van der Waals surface area contributed by atoms with Crippen molar-refractivity contribution in [3.05, 3.63) is 41.6 Å². The van der Waals surface area contributed by atoms with E-state index in [2.05, 4.69) is 15.5 Å². The van der Waals surface area contributed by atoms with Gasteiger partial charge in [-0.3, -0.25) is 9.69 Å². The Morgan fingerprint density at radius 1 is 1.44 bits per heavy atom. The molecule has 1 heterocycles. The number of amides is 1. The first-order chi connectivity index (χ1) is 12.2. The summed E-state index contributed by atoms with van der Waals surface area (Å²) >= 11 is 0. The van der Waals surface area contributed by atoms with E-state index in [-0.39, 0.29) is 11.5 Å². The maximum Gasteiger partial charge on any atom is 0.263 e. The predicted octanol–water partition coefficient (Wildman–Crippen LogP) is 0.641. The highest BCUT2D eigenvalue weighted by Gasteiger charge is 2.12. The molecule has 0 bridgehead atoms. The van der Waals surface area contributed by atoms with Crippen LogP contribution >= 0.6 is 0 Å². The van der Waals surface area contributed by atoms with Gasteiger partial charge in [-0.2, -0.15) is 5.26 Å². The summed E-state index contributed by atoms with van der Waals surface area (Å²) in [6.07, 6.45) is 1.45. The third-order valence-electron chi connectivity index (χ3n) is 3.87. The average molecular weight is 344 g/mol. The first-order valence-electron chi connectivity index (χ1n) is 8.28. The number of nitriles is 1. The van der Waals surface area contributed by atoms with Gasteiger partial charge in [0, 0.05) is 38.9 Å². The molecule has 0 saturated carbocycles. The quantitative estimate of drug-likeness (QED) is 0.532. The Kier molecular flexibility index (Phi) is 7.76. The summed E-state index contributed by atoms with van der Waals surface area (Å²) in [5.41, 5.74) is 1.06. The maximum absolute atomic E-state index is 12.1. The molecule has 2 rings (SSSR count). The Bertz CT molecular complexity index is 633. The molecule has 7 heteroatoms. The number of carbonyl (C=O) groups is 1. The monoisotopic (exact) mass is 344 g/mol. The zero-order valence-electron chi connectivity index (χ0n) is 14.5. The molecule has 7 nitrogen and oxygen atoms in total. The molecule has 1 aliphatic rings. The van der Waals surface area contributed by atoms with Crippen LogP contribution in [0.15, 0.2) is 36.0 Å². The van der Waals surface area contributed by atoms with Crippen molar-refractivity contribution in [1.82, 2.24) is 15.5 Å². The van der Waals surface area contributed by atoms with E-state index in [1.54, 1.807) is 7.11 Å². The molecule has 134 valence electrons. The van der Waals surface area contributed by atoms with E-state index >= 15 is 0 Å². The number of hydrogen-bond acceptors (Lipinski definition) is 6.